The number of hydrogen-bond donors (Lipinski definition) is 1. The van der Waals surface area contributed by atoms with Crippen molar-refractivity contribution >= 4 is 27.4 Å². The van der Waals surface area contributed by atoms with E-state index in [-0.39, 0.29) is 0 Å². The predicted octanol–water partition coefficient (Wildman–Crippen LogP) is 2.51. The lowest BCUT2D eigenvalue weighted by Crippen LogP contribution is -2.40. The minimum Gasteiger partial charge on any atom is -0.397 e. The lowest BCUT2D eigenvalue weighted by Gasteiger charge is -2.32. The van der Waals surface area contributed by atoms with Gasteiger partial charge in [0.15, 0.2) is 0 Å². The van der Waals surface area contributed by atoms with Crippen LogP contribution in [0.2, 0.25) is 0 Å². The van der Waals surface area contributed by atoms with Gasteiger partial charge in [0, 0.05) is 19.1 Å². The average Bonchev–Trinajstić information content (AvgIpc) is 2.29. The highest BCUT2D eigenvalue weighted by Gasteiger charge is 2.19. The number of hydrogen-bond acceptors (Lipinski definition) is 4. The third-order valence-electron chi connectivity index (χ3n) is 3.06. The predicted molar refractivity (Wildman–Crippen MR) is 82.1 cm³/mol. The summed E-state index contributed by atoms with van der Waals surface area (Å²) in [5, 5.41) is 0. The van der Waals surface area contributed by atoms with Crippen molar-refractivity contribution in [2.24, 2.45) is 0 Å². The van der Waals surface area contributed by atoms with Gasteiger partial charge in [0.2, 0.25) is 0 Å². The zero-order chi connectivity index (χ0) is 13.9. The van der Waals surface area contributed by atoms with Gasteiger partial charge in [-0.25, -0.2) is 4.98 Å². The van der Waals surface area contributed by atoms with E-state index in [2.05, 4.69) is 58.7 Å². The molecule has 4 nitrogen and oxygen atoms in total. The van der Waals surface area contributed by atoms with E-state index in [1.54, 1.807) is 6.20 Å². The van der Waals surface area contributed by atoms with Crippen molar-refractivity contribution < 1.29 is 0 Å². The molecule has 18 heavy (non-hydrogen) atoms. The molecule has 0 radical (unpaired) electrons. The summed E-state index contributed by atoms with van der Waals surface area (Å²) in [5.41, 5.74) is 7.64. The average molecular weight is 315 g/mol. The van der Waals surface area contributed by atoms with E-state index in [1.807, 2.05) is 6.92 Å². The number of pyridine rings is 1. The largest absolute Gasteiger partial charge is 0.397 e. The SMILES string of the molecule is CCN(c1ncc(N)c(C)c1Br)C(C)CN(C)C. The van der Waals surface area contributed by atoms with Crippen molar-refractivity contribution in [3.05, 3.63) is 16.2 Å². The van der Waals surface area contributed by atoms with E-state index in [1.165, 1.54) is 0 Å². The Morgan fingerprint density at radius 2 is 2.06 bits per heavy atom. The molecule has 0 fully saturated rings. The first kappa shape index (κ1) is 15.2. The van der Waals surface area contributed by atoms with Crippen molar-refractivity contribution in [3.8, 4) is 0 Å². The van der Waals surface area contributed by atoms with Gasteiger partial charge in [0.1, 0.15) is 5.82 Å². The van der Waals surface area contributed by atoms with Crippen LogP contribution in [0.5, 0.6) is 0 Å². The Kier molecular flexibility index (Phi) is 5.41. The second-order valence-electron chi connectivity index (χ2n) is 4.87. The van der Waals surface area contributed by atoms with Crippen LogP contribution in [-0.2, 0) is 0 Å². The summed E-state index contributed by atoms with van der Waals surface area (Å²) in [5.74, 6) is 0.971. The lowest BCUT2D eigenvalue weighted by molar-refractivity contribution is 0.372. The molecule has 0 amide bonds. The molecule has 1 aromatic heterocycles. The second-order valence-corrected chi connectivity index (χ2v) is 5.67. The maximum Gasteiger partial charge on any atom is 0.143 e. The smallest absolute Gasteiger partial charge is 0.143 e. The first-order chi connectivity index (χ1) is 8.38. The molecule has 0 saturated carbocycles. The number of rotatable bonds is 5. The van der Waals surface area contributed by atoms with E-state index < -0.39 is 0 Å². The van der Waals surface area contributed by atoms with E-state index in [0.717, 1.165) is 34.6 Å². The Bertz CT molecular complexity index is 406. The molecule has 0 aliphatic carbocycles. The van der Waals surface area contributed by atoms with E-state index in [9.17, 15) is 0 Å². The normalized spacial score (nSPS) is 12.8. The van der Waals surface area contributed by atoms with Gasteiger partial charge in [-0.15, -0.1) is 0 Å². The molecule has 0 spiro atoms. The van der Waals surface area contributed by atoms with Crippen molar-refractivity contribution in [1.29, 1.82) is 0 Å². The van der Waals surface area contributed by atoms with Gasteiger partial charge in [0.25, 0.3) is 0 Å². The van der Waals surface area contributed by atoms with Crippen molar-refractivity contribution in [2.75, 3.05) is 37.8 Å². The minimum atomic E-state index is 0.400. The van der Waals surface area contributed by atoms with Gasteiger partial charge >= 0.3 is 0 Å². The second kappa shape index (κ2) is 6.38. The molecule has 102 valence electrons. The van der Waals surface area contributed by atoms with Gasteiger partial charge in [-0.05, 0) is 56.4 Å². The van der Waals surface area contributed by atoms with Gasteiger partial charge in [-0.1, -0.05) is 0 Å². The fraction of sp³-hybridized carbons (Fsp3) is 0.615. The minimum absolute atomic E-state index is 0.400. The van der Waals surface area contributed by atoms with Crippen molar-refractivity contribution in [1.82, 2.24) is 9.88 Å². The van der Waals surface area contributed by atoms with E-state index >= 15 is 0 Å². The molecular formula is C13H23BrN4. The molecule has 1 rings (SSSR count). The molecule has 0 aliphatic rings. The van der Waals surface area contributed by atoms with Crippen LogP contribution in [0.3, 0.4) is 0 Å². The quantitative estimate of drug-likeness (QED) is 0.907. The number of likely N-dealkylation sites (N-methyl/N-ethyl adjacent to an activating group) is 2. The standard InChI is InChI=1S/C13H23BrN4/c1-6-18(9(2)8-17(4)5)13-12(14)10(3)11(15)7-16-13/h7,9H,6,8,15H2,1-5H3. The van der Waals surface area contributed by atoms with Gasteiger partial charge in [-0.2, -0.15) is 0 Å². The first-order valence-corrected chi connectivity index (χ1v) is 6.99. The van der Waals surface area contributed by atoms with E-state index in [4.69, 9.17) is 5.73 Å². The Morgan fingerprint density at radius 1 is 1.44 bits per heavy atom. The zero-order valence-corrected chi connectivity index (χ0v) is 13.5. The van der Waals surface area contributed by atoms with Crippen LogP contribution in [0.25, 0.3) is 0 Å². The Labute approximate surface area is 118 Å². The van der Waals surface area contributed by atoms with Crippen molar-refractivity contribution in [3.63, 3.8) is 0 Å². The molecule has 1 atom stereocenters. The Balaban J connectivity index is 3.06. The number of halogens is 1. The Morgan fingerprint density at radius 3 is 2.56 bits per heavy atom. The summed E-state index contributed by atoms with van der Waals surface area (Å²) in [4.78, 5) is 8.95. The number of nitrogen functional groups attached to an aromatic ring is 1. The van der Waals surface area contributed by atoms with Crippen LogP contribution in [0.4, 0.5) is 11.5 Å². The summed E-state index contributed by atoms with van der Waals surface area (Å²) in [6, 6.07) is 0.400. The third kappa shape index (κ3) is 3.36. The summed E-state index contributed by atoms with van der Waals surface area (Å²) in [6.07, 6.45) is 1.74. The first-order valence-electron chi connectivity index (χ1n) is 6.20. The molecule has 1 unspecified atom stereocenters. The third-order valence-corrected chi connectivity index (χ3v) is 4.01. The zero-order valence-electron chi connectivity index (χ0n) is 11.9. The van der Waals surface area contributed by atoms with Gasteiger partial charge < -0.3 is 15.5 Å². The van der Waals surface area contributed by atoms with Crippen LogP contribution in [0.1, 0.15) is 19.4 Å². The Hall–Kier alpha value is -0.810. The fourth-order valence-corrected chi connectivity index (χ4v) is 2.64. The number of nitrogens with two attached hydrogens (primary N) is 1. The fourth-order valence-electron chi connectivity index (χ4n) is 2.08. The van der Waals surface area contributed by atoms with Gasteiger partial charge in [-0.3, -0.25) is 0 Å². The molecule has 0 saturated heterocycles. The maximum absolute atomic E-state index is 5.87. The molecule has 1 heterocycles. The molecule has 0 bridgehead atoms. The van der Waals surface area contributed by atoms with Gasteiger partial charge in [0.05, 0.1) is 16.4 Å². The maximum atomic E-state index is 5.87. The molecular weight excluding hydrogens is 292 g/mol. The highest BCUT2D eigenvalue weighted by molar-refractivity contribution is 9.10. The van der Waals surface area contributed by atoms with Crippen LogP contribution in [-0.4, -0.2) is 43.1 Å². The monoisotopic (exact) mass is 314 g/mol. The van der Waals surface area contributed by atoms with Crippen LogP contribution in [0, 0.1) is 6.92 Å². The van der Waals surface area contributed by atoms with Crippen LogP contribution >= 0.6 is 15.9 Å². The molecule has 1 aromatic rings. The highest BCUT2D eigenvalue weighted by atomic mass is 79.9. The molecule has 5 heteroatoms. The molecule has 0 aliphatic heterocycles. The van der Waals surface area contributed by atoms with Crippen LogP contribution in [0.15, 0.2) is 10.7 Å². The molecule has 2 N–H and O–H groups in total. The highest BCUT2D eigenvalue weighted by Crippen LogP contribution is 2.31. The van der Waals surface area contributed by atoms with Crippen LogP contribution < -0.4 is 10.6 Å². The topological polar surface area (TPSA) is 45.4 Å². The summed E-state index contributed by atoms with van der Waals surface area (Å²) in [6.45, 7) is 8.28. The van der Waals surface area contributed by atoms with E-state index in [0.29, 0.717) is 6.04 Å². The summed E-state index contributed by atoms with van der Waals surface area (Å²) < 4.78 is 0.995. The molecule has 0 aromatic carbocycles. The number of nitrogens with zero attached hydrogens (tertiary/aromatic N) is 3. The lowest BCUT2D eigenvalue weighted by atomic mass is 10.2. The summed E-state index contributed by atoms with van der Waals surface area (Å²) in [7, 11) is 4.17. The van der Waals surface area contributed by atoms with Crippen molar-refractivity contribution in [2.45, 2.75) is 26.8 Å². The number of anilines is 2. The number of aromatic nitrogens is 1. The summed E-state index contributed by atoms with van der Waals surface area (Å²) >= 11 is 3.61.